The maximum atomic E-state index is 11.7. The Labute approximate surface area is 95.0 Å². The molecular formula is C11H18N2O3. The van der Waals surface area contributed by atoms with Crippen molar-refractivity contribution in [3.63, 3.8) is 0 Å². The van der Waals surface area contributed by atoms with Gasteiger partial charge in [-0.1, -0.05) is 0 Å². The molecule has 2 aliphatic heterocycles. The Morgan fingerprint density at radius 3 is 2.44 bits per heavy atom. The van der Waals surface area contributed by atoms with E-state index in [0.29, 0.717) is 19.5 Å². The van der Waals surface area contributed by atoms with Crippen LogP contribution >= 0.6 is 0 Å². The quantitative estimate of drug-likeness (QED) is 0.729. The third-order valence-electron chi connectivity index (χ3n) is 3.54. The molecule has 2 heterocycles. The summed E-state index contributed by atoms with van der Waals surface area (Å²) in [6, 6.07) is 0.267. The van der Waals surface area contributed by atoms with Crippen molar-refractivity contribution in [2.24, 2.45) is 0 Å². The van der Waals surface area contributed by atoms with Crippen LogP contribution in [0.4, 0.5) is 4.79 Å². The minimum Gasteiger partial charge on any atom is -0.465 e. The van der Waals surface area contributed by atoms with Gasteiger partial charge in [-0.15, -0.1) is 0 Å². The van der Waals surface area contributed by atoms with Crippen molar-refractivity contribution >= 4 is 12.0 Å². The first-order valence-electron chi connectivity index (χ1n) is 5.96. The monoisotopic (exact) mass is 226 g/mol. The van der Waals surface area contributed by atoms with Crippen molar-refractivity contribution in [1.29, 1.82) is 0 Å². The van der Waals surface area contributed by atoms with Crippen LogP contribution < -0.4 is 0 Å². The van der Waals surface area contributed by atoms with E-state index in [1.54, 1.807) is 0 Å². The molecule has 1 N–H and O–H groups in total. The highest BCUT2D eigenvalue weighted by molar-refractivity contribution is 5.77. The van der Waals surface area contributed by atoms with Crippen LogP contribution in [0.25, 0.3) is 0 Å². The summed E-state index contributed by atoms with van der Waals surface area (Å²) in [5.74, 6) is 0.250. The van der Waals surface area contributed by atoms with E-state index in [0.717, 1.165) is 32.2 Å². The lowest BCUT2D eigenvalue weighted by Gasteiger charge is -2.39. The number of piperidine rings is 2. The number of likely N-dealkylation sites (tertiary alicyclic amines) is 2. The van der Waals surface area contributed by atoms with E-state index in [-0.39, 0.29) is 11.9 Å². The van der Waals surface area contributed by atoms with Gasteiger partial charge in [0.25, 0.3) is 0 Å². The highest BCUT2D eigenvalue weighted by atomic mass is 16.4. The Kier molecular flexibility index (Phi) is 3.31. The van der Waals surface area contributed by atoms with Gasteiger partial charge in [-0.05, 0) is 25.7 Å². The van der Waals surface area contributed by atoms with Gasteiger partial charge in [-0.25, -0.2) is 4.79 Å². The molecule has 0 aromatic carbocycles. The standard InChI is InChI=1S/C11H18N2O3/c14-10-3-1-2-6-13(10)9-4-7-12(8-5-9)11(15)16/h9H,1-8H2,(H,15,16). The third kappa shape index (κ3) is 2.28. The Hall–Kier alpha value is -1.26. The van der Waals surface area contributed by atoms with Crippen LogP contribution in [0, 0.1) is 0 Å². The average Bonchev–Trinajstić information content (AvgIpc) is 2.30. The molecule has 0 spiro atoms. The highest BCUT2D eigenvalue weighted by Gasteiger charge is 2.30. The van der Waals surface area contributed by atoms with Crippen molar-refractivity contribution in [3.05, 3.63) is 0 Å². The number of carboxylic acid groups (broad SMARTS) is 1. The third-order valence-corrected chi connectivity index (χ3v) is 3.54. The number of rotatable bonds is 1. The molecule has 0 unspecified atom stereocenters. The zero-order valence-electron chi connectivity index (χ0n) is 9.39. The molecule has 5 heteroatoms. The fourth-order valence-electron chi connectivity index (χ4n) is 2.58. The van der Waals surface area contributed by atoms with E-state index < -0.39 is 6.09 Å². The molecule has 90 valence electrons. The molecule has 2 aliphatic rings. The van der Waals surface area contributed by atoms with Crippen molar-refractivity contribution < 1.29 is 14.7 Å². The predicted molar refractivity (Wildman–Crippen MR) is 58.2 cm³/mol. The fourth-order valence-corrected chi connectivity index (χ4v) is 2.58. The Morgan fingerprint density at radius 1 is 1.19 bits per heavy atom. The lowest BCUT2D eigenvalue weighted by atomic mass is 10.00. The number of carbonyl (C=O) groups is 2. The smallest absolute Gasteiger partial charge is 0.407 e. The van der Waals surface area contributed by atoms with Gasteiger partial charge >= 0.3 is 6.09 Å². The highest BCUT2D eigenvalue weighted by Crippen LogP contribution is 2.21. The molecule has 0 bridgehead atoms. The second-order valence-corrected chi connectivity index (χ2v) is 4.55. The second-order valence-electron chi connectivity index (χ2n) is 4.55. The van der Waals surface area contributed by atoms with Crippen molar-refractivity contribution in [3.8, 4) is 0 Å². The summed E-state index contributed by atoms with van der Waals surface area (Å²) in [6.45, 7) is 1.98. The summed E-state index contributed by atoms with van der Waals surface area (Å²) < 4.78 is 0. The van der Waals surface area contributed by atoms with Crippen LogP contribution in [-0.4, -0.2) is 52.6 Å². The normalized spacial score (nSPS) is 23.6. The van der Waals surface area contributed by atoms with Crippen LogP contribution in [0.1, 0.15) is 32.1 Å². The number of hydrogen-bond donors (Lipinski definition) is 1. The van der Waals surface area contributed by atoms with Gasteiger partial charge in [0.05, 0.1) is 0 Å². The first kappa shape index (κ1) is 11.2. The summed E-state index contributed by atoms with van der Waals surface area (Å²) in [5, 5.41) is 8.83. The zero-order valence-corrected chi connectivity index (χ0v) is 9.39. The van der Waals surface area contributed by atoms with Gasteiger partial charge in [0.1, 0.15) is 0 Å². The van der Waals surface area contributed by atoms with Crippen LogP contribution in [0.5, 0.6) is 0 Å². The first-order valence-corrected chi connectivity index (χ1v) is 5.96. The van der Waals surface area contributed by atoms with Gasteiger partial charge in [0.15, 0.2) is 0 Å². The second kappa shape index (κ2) is 4.72. The van der Waals surface area contributed by atoms with E-state index in [1.807, 2.05) is 4.90 Å². The molecule has 0 aromatic heterocycles. The Balaban J connectivity index is 1.88. The molecule has 0 aromatic rings. The molecule has 2 fully saturated rings. The molecule has 2 saturated heterocycles. The van der Waals surface area contributed by atoms with E-state index in [2.05, 4.69) is 0 Å². The predicted octanol–water partition coefficient (Wildman–Crippen LogP) is 1.14. The minimum atomic E-state index is -0.844. The first-order chi connectivity index (χ1) is 7.68. The number of carbonyl (C=O) groups excluding carboxylic acids is 1. The molecule has 0 aliphatic carbocycles. The van der Waals surface area contributed by atoms with Crippen molar-refractivity contribution in [2.75, 3.05) is 19.6 Å². The molecule has 2 amide bonds. The molecule has 0 radical (unpaired) electrons. The molecule has 0 saturated carbocycles. The lowest BCUT2D eigenvalue weighted by molar-refractivity contribution is -0.136. The number of nitrogens with zero attached hydrogens (tertiary/aromatic N) is 2. The SMILES string of the molecule is O=C(O)N1CCC(N2CCCCC2=O)CC1. The maximum Gasteiger partial charge on any atom is 0.407 e. The van der Waals surface area contributed by atoms with Gasteiger partial charge in [-0.2, -0.15) is 0 Å². The van der Waals surface area contributed by atoms with Gasteiger partial charge in [0, 0.05) is 32.1 Å². The van der Waals surface area contributed by atoms with E-state index >= 15 is 0 Å². The van der Waals surface area contributed by atoms with Crippen LogP contribution in [-0.2, 0) is 4.79 Å². The van der Waals surface area contributed by atoms with Gasteiger partial charge < -0.3 is 14.9 Å². The minimum absolute atomic E-state index is 0.250. The van der Waals surface area contributed by atoms with Crippen LogP contribution in [0.2, 0.25) is 0 Å². The Bertz CT molecular complexity index is 285. The summed E-state index contributed by atoms with van der Waals surface area (Å²) in [7, 11) is 0. The molecule has 5 nitrogen and oxygen atoms in total. The van der Waals surface area contributed by atoms with Gasteiger partial charge in [-0.3, -0.25) is 4.79 Å². The van der Waals surface area contributed by atoms with E-state index in [4.69, 9.17) is 5.11 Å². The van der Waals surface area contributed by atoms with Gasteiger partial charge in [0.2, 0.25) is 5.91 Å². The summed E-state index contributed by atoms with van der Waals surface area (Å²) >= 11 is 0. The number of hydrogen-bond acceptors (Lipinski definition) is 2. The zero-order chi connectivity index (χ0) is 11.5. The topological polar surface area (TPSA) is 60.9 Å². The molecule has 16 heavy (non-hydrogen) atoms. The molecular weight excluding hydrogens is 208 g/mol. The maximum absolute atomic E-state index is 11.7. The Morgan fingerprint density at radius 2 is 1.88 bits per heavy atom. The van der Waals surface area contributed by atoms with Crippen LogP contribution in [0.15, 0.2) is 0 Å². The van der Waals surface area contributed by atoms with E-state index in [9.17, 15) is 9.59 Å². The summed E-state index contributed by atoms with van der Waals surface area (Å²) in [4.78, 5) is 25.8. The lowest BCUT2D eigenvalue weighted by Crippen LogP contribution is -2.49. The van der Waals surface area contributed by atoms with Crippen molar-refractivity contribution in [1.82, 2.24) is 9.80 Å². The largest absolute Gasteiger partial charge is 0.465 e. The van der Waals surface area contributed by atoms with E-state index in [1.165, 1.54) is 4.90 Å². The summed E-state index contributed by atoms with van der Waals surface area (Å²) in [5.41, 5.74) is 0. The van der Waals surface area contributed by atoms with Crippen LogP contribution in [0.3, 0.4) is 0 Å². The van der Waals surface area contributed by atoms with Crippen molar-refractivity contribution in [2.45, 2.75) is 38.1 Å². The average molecular weight is 226 g/mol. The molecule has 0 atom stereocenters. The number of amides is 2. The summed E-state index contributed by atoms with van der Waals surface area (Å²) in [6.07, 6.45) is 3.49. The fraction of sp³-hybridized carbons (Fsp3) is 0.818. The molecule has 2 rings (SSSR count).